The van der Waals surface area contributed by atoms with Crippen LogP contribution in [0.1, 0.15) is 12.6 Å². The van der Waals surface area contributed by atoms with Gasteiger partial charge in [0.2, 0.25) is 0 Å². The lowest BCUT2D eigenvalue weighted by atomic mass is 10.1. The zero-order chi connectivity index (χ0) is 11.5. The van der Waals surface area contributed by atoms with E-state index in [0.717, 1.165) is 28.8 Å². The van der Waals surface area contributed by atoms with Gasteiger partial charge >= 0.3 is 0 Å². The van der Waals surface area contributed by atoms with E-state index in [-0.39, 0.29) is 6.04 Å². The number of nitrogens with one attached hydrogen (secondary N) is 1. The number of aryl methyl sites for hydroxylation is 1. The molecule has 1 unspecified atom stereocenters. The van der Waals surface area contributed by atoms with Crippen LogP contribution in [0.15, 0.2) is 30.3 Å². The molecule has 3 N–H and O–H groups in total. The summed E-state index contributed by atoms with van der Waals surface area (Å²) in [4.78, 5) is 4.49. The summed E-state index contributed by atoms with van der Waals surface area (Å²) in [6, 6.07) is 10.3. The number of nitrogens with two attached hydrogens (primary N) is 1. The molecule has 3 nitrogen and oxygen atoms in total. The van der Waals surface area contributed by atoms with Crippen molar-refractivity contribution in [3.63, 3.8) is 0 Å². The van der Waals surface area contributed by atoms with Gasteiger partial charge < -0.3 is 11.1 Å². The van der Waals surface area contributed by atoms with Crippen LogP contribution in [0.3, 0.4) is 0 Å². The molecule has 16 heavy (non-hydrogen) atoms. The summed E-state index contributed by atoms with van der Waals surface area (Å²) in [5.41, 5.74) is 8.90. The second-order valence-corrected chi connectivity index (χ2v) is 4.19. The maximum atomic E-state index is 5.74. The molecule has 84 valence electrons. The lowest BCUT2D eigenvalue weighted by Gasteiger charge is -2.12. The van der Waals surface area contributed by atoms with Gasteiger partial charge in [0.1, 0.15) is 0 Å². The van der Waals surface area contributed by atoms with Crippen LogP contribution in [-0.4, -0.2) is 17.6 Å². The molecule has 0 aliphatic heterocycles. The summed E-state index contributed by atoms with van der Waals surface area (Å²) < 4.78 is 0. The Kier molecular flexibility index (Phi) is 3.06. The van der Waals surface area contributed by atoms with Gasteiger partial charge in [0.05, 0.1) is 5.52 Å². The van der Waals surface area contributed by atoms with Crippen molar-refractivity contribution in [2.75, 3.05) is 11.9 Å². The molecule has 0 saturated carbocycles. The third kappa shape index (κ3) is 2.31. The molecule has 0 spiro atoms. The minimum absolute atomic E-state index is 0.146. The number of benzene rings is 1. The lowest BCUT2D eigenvalue weighted by molar-refractivity contribution is 0.780. The van der Waals surface area contributed by atoms with Crippen LogP contribution in [-0.2, 0) is 0 Å². The van der Waals surface area contributed by atoms with Gasteiger partial charge in [-0.2, -0.15) is 0 Å². The first-order valence-corrected chi connectivity index (χ1v) is 5.52. The summed E-state index contributed by atoms with van der Waals surface area (Å²) in [6.07, 6.45) is 0. The molecule has 2 aromatic rings. The van der Waals surface area contributed by atoms with Gasteiger partial charge in [0.15, 0.2) is 0 Å². The number of fused-ring (bicyclic) bond motifs is 1. The molecular weight excluding hydrogens is 198 g/mol. The Hall–Kier alpha value is -1.61. The van der Waals surface area contributed by atoms with Crippen molar-refractivity contribution in [1.82, 2.24) is 4.98 Å². The first-order valence-electron chi connectivity index (χ1n) is 5.52. The third-order valence-electron chi connectivity index (χ3n) is 2.46. The molecule has 0 saturated heterocycles. The Morgan fingerprint density at radius 2 is 2.12 bits per heavy atom. The monoisotopic (exact) mass is 215 g/mol. The number of rotatable bonds is 3. The predicted molar refractivity (Wildman–Crippen MR) is 68.6 cm³/mol. The Balaban J connectivity index is 2.42. The zero-order valence-corrected chi connectivity index (χ0v) is 9.70. The van der Waals surface area contributed by atoms with Crippen molar-refractivity contribution >= 4 is 16.6 Å². The van der Waals surface area contributed by atoms with Crippen molar-refractivity contribution in [3.05, 3.63) is 36.0 Å². The van der Waals surface area contributed by atoms with E-state index < -0.39 is 0 Å². The van der Waals surface area contributed by atoms with Crippen LogP contribution in [0, 0.1) is 6.92 Å². The van der Waals surface area contributed by atoms with E-state index >= 15 is 0 Å². The molecule has 0 aliphatic carbocycles. The lowest BCUT2D eigenvalue weighted by Crippen LogP contribution is -2.25. The van der Waals surface area contributed by atoms with Gasteiger partial charge in [-0.3, -0.25) is 4.98 Å². The smallest absolute Gasteiger partial charge is 0.0725 e. The van der Waals surface area contributed by atoms with Gasteiger partial charge in [-0.05, 0) is 26.0 Å². The fourth-order valence-corrected chi connectivity index (χ4v) is 1.72. The predicted octanol–water partition coefficient (Wildman–Crippen LogP) is 2.30. The van der Waals surface area contributed by atoms with Gasteiger partial charge in [-0.25, -0.2) is 0 Å². The van der Waals surface area contributed by atoms with E-state index in [0.29, 0.717) is 0 Å². The fourth-order valence-electron chi connectivity index (χ4n) is 1.72. The van der Waals surface area contributed by atoms with Crippen LogP contribution in [0.5, 0.6) is 0 Å². The van der Waals surface area contributed by atoms with Crippen molar-refractivity contribution in [2.24, 2.45) is 5.73 Å². The van der Waals surface area contributed by atoms with Gasteiger partial charge in [-0.15, -0.1) is 0 Å². The van der Waals surface area contributed by atoms with Crippen LogP contribution in [0.4, 0.5) is 5.69 Å². The third-order valence-corrected chi connectivity index (χ3v) is 2.46. The van der Waals surface area contributed by atoms with E-state index in [1.807, 2.05) is 32.0 Å². The molecule has 1 aromatic heterocycles. The van der Waals surface area contributed by atoms with E-state index in [9.17, 15) is 0 Å². The largest absolute Gasteiger partial charge is 0.383 e. The van der Waals surface area contributed by atoms with Crippen LogP contribution < -0.4 is 11.1 Å². The van der Waals surface area contributed by atoms with Crippen molar-refractivity contribution < 1.29 is 0 Å². The first kappa shape index (κ1) is 10.9. The molecule has 1 atom stereocenters. The summed E-state index contributed by atoms with van der Waals surface area (Å²) in [7, 11) is 0. The molecule has 0 amide bonds. The van der Waals surface area contributed by atoms with Gasteiger partial charge in [0, 0.05) is 29.4 Å². The number of nitrogens with zero attached hydrogens (tertiary/aromatic N) is 1. The number of pyridine rings is 1. The maximum absolute atomic E-state index is 5.74. The highest BCUT2D eigenvalue weighted by Crippen LogP contribution is 2.22. The minimum Gasteiger partial charge on any atom is -0.383 e. The normalized spacial score (nSPS) is 12.7. The quantitative estimate of drug-likeness (QED) is 0.826. The van der Waals surface area contributed by atoms with Gasteiger partial charge in [0.25, 0.3) is 0 Å². The van der Waals surface area contributed by atoms with Crippen molar-refractivity contribution in [1.29, 1.82) is 0 Å². The minimum atomic E-state index is 0.146. The van der Waals surface area contributed by atoms with E-state index in [1.54, 1.807) is 0 Å². The Morgan fingerprint density at radius 3 is 2.88 bits per heavy atom. The van der Waals surface area contributed by atoms with E-state index in [2.05, 4.69) is 22.4 Å². The van der Waals surface area contributed by atoms with E-state index in [1.165, 1.54) is 0 Å². The molecule has 0 fully saturated rings. The summed E-state index contributed by atoms with van der Waals surface area (Å²) in [6.45, 7) is 4.76. The summed E-state index contributed by atoms with van der Waals surface area (Å²) >= 11 is 0. The Labute approximate surface area is 95.7 Å². The SMILES string of the molecule is Cc1cc(NCC(C)N)c2ccccc2n1. The Bertz CT molecular complexity index is 492. The molecule has 1 heterocycles. The first-order chi connectivity index (χ1) is 7.66. The molecular formula is C13H17N3. The molecule has 0 radical (unpaired) electrons. The molecule has 1 aromatic carbocycles. The highest BCUT2D eigenvalue weighted by atomic mass is 14.9. The van der Waals surface area contributed by atoms with Crippen molar-refractivity contribution in [3.8, 4) is 0 Å². The van der Waals surface area contributed by atoms with Crippen LogP contribution in [0.2, 0.25) is 0 Å². The molecule has 2 rings (SSSR count). The second-order valence-electron chi connectivity index (χ2n) is 4.19. The molecule has 0 bridgehead atoms. The summed E-state index contributed by atoms with van der Waals surface area (Å²) in [5.74, 6) is 0. The highest BCUT2D eigenvalue weighted by Gasteiger charge is 2.03. The fraction of sp³-hybridized carbons (Fsp3) is 0.308. The second kappa shape index (κ2) is 4.49. The van der Waals surface area contributed by atoms with E-state index in [4.69, 9.17) is 5.73 Å². The highest BCUT2D eigenvalue weighted by molar-refractivity contribution is 5.91. The van der Waals surface area contributed by atoms with Crippen molar-refractivity contribution in [2.45, 2.75) is 19.9 Å². The number of anilines is 1. The number of hydrogen-bond acceptors (Lipinski definition) is 3. The van der Waals surface area contributed by atoms with Gasteiger partial charge in [-0.1, -0.05) is 18.2 Å². The topological polar surface area (TPSA) is 50.9 Å². The average Bonchev–Trinajstić information content (AvgIpc) is 2.25. The van der Waals surface area contributed by atoms with Crippen LogP contribution >= 0.6 is 0 Å². The molecule has 0 aliphatic rings. The maximum Gasteiger partial charge on any atom is 0.0725 e. The van der Waals surface area contributed by atoms with Crippen LogP contribution in [0.25, 0.3) is 10.9 Å². The molecule has 3 heteroatoms. The zero-order valence-electron chi connectivity index (χ0n) is 9.70. The number of hydrogen-bond donors (Lipinski definition) is 2. The standard InChI is InChI=1S/C13H17N3/c1-9(14)8-15-13-7-10(2)16-12-6-4-3-5-11(12)13/h3-7,9H,8,14H2,1-2H3,(H,15,16). The Morgan fingerprint density at radius 1 is 1.38 bits per heavy atom. The summed E-state index contributed by atoms with van der Waals surface area (Å²) in [5, 5.41) is 4.51. The average molecular weight is 215 g/mol. The number of para-hydroxylation sites is 1. The number of aromatic nitrogens is 1.